The minimum absolute atomic E-state index is 0.0294. The molecule has 0 spiro atoms. The molecule has 1 fully saturated rings. The van der Waals surface area contributed by atoms with Crippen molar-refractivity contribution in [2.45, 2.75) is 25.8 Å². The van der Waals surface area contributed by atoms with E-state index in [0.717, 1.165) is 60.9 Å². The van der Waals surface area contributed by atoms with Crippen molar-refractivity contribution in [3.8, 4) is 5.75 Å². The minimum atomic E-state index is -0.0728. The third-order valence-electron chi connectivity index (χ3n) is 7.03. The van der Waals surface area contributed by atoms with Crippen LogP contribution in [0, 0.1) is 5.92 Å². The van der Waals surface area contributed by atoms with Gasteiger partial charge in [0.05, 0.1) is 13.0 Å². The van der Waals surface area contributed by atoms with Crippen LogP contribution in [-0.4, -0.2) is 43.5 Å². The molecule has 3 aromatic rings. The summed E-state index contributed by atoms with van der Waals surface area (Å²) in [5.41, 5.74) is 4.51. The number of methoxy groups -OCH3 is 1. The zero-order valence-electron chi connectivity index (χ0n) is 20.4. The molecule has 1 atom stereocenters. The summed E-state index contributed by atoms with van der Waals surface area (Å²) < 4.78 is 5.20. The van der Waals surface area contributed by atoms with Crippen LogP contribution in [0.5, 0.6) is 5.75 Å². The number of likely N-dealkylation sites (tertiary alicyclic amines) is 1. The van der Waals surface area contributed by atoms with Gasteiger partial charge in [0.25, 0.3) is 5.91 Å². The highest BCUT2D eigenvalue weighted by Crippen LogP contribution is 2.33. The van der Waals surface area contributed by atoms with Crippen LogP contribution in [0.4, 0.5) is 11.4 Å². The van der Waals surface area contributed by atoms with Crippen LogP contribution in [0.1, 0.15) is 34.3 Å². The molecule has 7 heteroatoms. The van der Waals surface area contributed by atoms with Gasteiger partial charge >= 0.3 is 0 Å². The zero-order chi connectivity index (χ0) is 25.1. The maximum Gasteiger partial charge on any atom is 0.258 e. The molecule has 2 aliphatic rings. The SMILES string of the molecule is COc1ccc(C(=O)N2CCc3ccc(NC(=O)[C@@H]4CCCN(Cc5ccc(Cl)cc5)C4)cc32)cc1. The number of anilines is 2. The molecule has 3 aromatic carbocycles. The second kappa shape index (κ2) is 10.7. The van der Waals surface area contributed by atoms with Crippen molar-refractivity contribution >= 4 is 34.8 Å². The van der Waals surface area contributed by atoms with Gasteiger partial charge in [-0.3, -0.25) is 14.5 Å². The molecule has 6 nitrogen and oxygen atoms in total. The summed E-state index contributed by atoms with van der Waals surface area (Å²) >= 11 is 6.01. The Morgan fingerprint density at radius 3 is 2.56 bits per heavy atom. The van der Waals surface area contributed by atoms with Gasteiger partial charge in [0, 0.05) is 41.6 Å². The van der Waals surface area contributed by atoms with Gasteiger partial charge < -0.3 is 15.0 Å². The molecule has 1 saturated heterocycles. The number of ether oxygens (including phenoxy) is 1. The lowest BCUT2D eigenvalue weighted by Gasteiger charge is -2.32. The lowest BCUT2D eigenvalue weighted by Crippen LogP contribution is -2.40. The number of nitrogens with one attached hydrogen (secondary N) is 1. The molecule has 186 valence electrons. The molecule has 2 amide bonds. The van der Waals surface area contributed by atoms with Crippen molar-refractivity contribution < 1.29 is 14.3 Å². The zero-order valence-corrected chi connectivity index (χ0v) is 21.1. The van der Waals surface area contributed by atoms with Crippen molar-refractivity contribution in [1.82, 2.24) is 4.90 Å². The van der Waals surface area contributed by atoms with Crippen molar-refractivity contribution in [3.05, 3.63) is 88.4 Å². The number of hydrogen-bond donors (Lipinski definition) is 1. The Labute approximate surface area is 216 Å². The van der Waals surface area contributed by atoms with E-state index in [4.69, 9.17) is 16.3 Å². The van der Waals surface area contributed by atoms with Crippen LogP contribution in [-0.2, 0) is 17.8 Å². The molecule has 5 rings (SSSR count). The number of rotatable bonds is 6. The predicted octanol–water partition coefficient (Wildman–Crippen LogP) is 5.40. The second-order valence-electron chi connectivity index (χ2n) is 9.47. The van der Waals surface area contributed by atoms with Gasteiger partial charge in [-0.25, -0.2) is 0 Å². The van der Waals surface area contributed by atoms with E-state index >= 15 is 0 Å². The number of halogens is 1. The van der Waals surface area contributed by atoms with E-state index in [0.29, 0.717) is 17.9 Å². The fourth-order valence-corrected chi connectivity index (χ4v) is 5.19. The summed E-state index contributed by atoms with van der Waals surface area (Å²) in [5.74, 6) is 0.621. The van der Waals surface area contributed by atoms with E-state index in [2.05, 4.69) is 10.2 Å². The number of carbonyl (C=O) groups excluding carboxylic acids is 2. The number of carbonyl (C=O) groups is 2. The number of fused-ring (bicyclic) bond motifs is 1. The number of amides is 2. The van der Waals surface area contributed by atoms with Crippen molar-refractivity contribution in [2.75, 3.05) is 37.0 Å². The highest BCUT2D eigenvalue weighted by atomic mass is 35.5. The first kappa shape index (κ1) is 24.3. The molecule has 0 unspecified atom stereocenters. The normalized spacial score (nSPS) is 17.5. The standard InChI is InChI=1S/C29H30ClN3O3/c1-36-26-12-7-22(8-13-26)29(35)33-16-14-21-6-11-25(17-27(21)33)31-28(34)23-3-2-15-32(19-23)18-20-4-9-24(30)10-5-20/h4-13,17,23H,2-3,14-16,18-19H2,1H3,(H,31,34)/t23-/m1/s1. The molecule has 0 saturated carbocycles. The third kappa shape index (κ3) is 5.40. The molecule has 0 radical (unpaired) electrons. The summed E-state index contributed by atoms with van der Waals surface area (Å²) in [4.78, 5) is 30.5. The Hall–Kier alpha value is -3.35. The highest BCUT2D eigenvalue weighted by molar-refractivity contribution is 6.30. The fourth-order valence-electron chi connectivity index (χ4n) is 5.06. The first-order valence-electron chi connectivity index (χ1n) is 12.4. The molecule has 1 N–H and O–H groups in total. The number of piperidine rings is 1. The molecular formula is C29H30ClN3O3. The Balaban J connectivity index is 1.24. The molecule has 2 aliphatic heterocycles. The van der Waals surface area contributed by atoms with E-state index in [1.54, 1.807) is 36.3 Å². The van der Waals surface area contributed by atoms with Gasteiger partial charge in [-0.15, -0.1) is 0 Å². The average Bonchev–Trinajstić information content (AvgIpc) is 3.33. The quantitative estimate of drug-likeness (QED) is 0.489. The first-order valence-corrected chi connectivity index (χ1v) is 12.7. The smallest absolute Gasteiger partial charge is 0.258 e. The van der Waals surface area contributed by atoms with E-state index in [1.807, 2.05) is 42.5 Å². The average molecular weight is 504 g/mol. The Kier molecular flexibility index (Phi) is 7.25. The first-order chi connectivity index (χ1) is 17.5. The van der Waals surface area contributed by atoms with Gasteiger partial charge in [0.15, 0.2) is 0 Å². The molecule has 36 heavy (non-hydrogen) atoms. The molecule has 2 heterocycles. The lowest BCUT2D eigenvalue weighted by atomic mass is 9.96. The maximum atomic E-state index is 13.2. The number of benzene rings is 3. The van der Waals surface area contributed by atoms with Crippen molar-refractivity contribution in [1.29, 1.82) is 0 Å². The third-order valence-corrected chi connectivity index (χ3v) is 7.28. The Morgan fingerprint density at radius 2 is 1.81 bits per heavy atom. The lowest BCUT2D eigenvalue weighted by molar-refractivity contribution is -0.121. The maximum absolute atomic E-state index is 13.2. The van der Waals surface area contributed by atoms with Gasteiger partial charge in [-0.1, -0.05) is 29.8 Å². The van der Waals surface area contributed by atoms with Crippen LogP contribution in [0.25, 0.3) is 0 Å². The molecule has 0 bridgehead atoms. The van der Waals surface area contributed by atoms with Gasteiger partial charge in [0.1, 0.15) is 5.75 Å². The number of hydrogen-bond acceptors (Lipinski definition) is 4. The van der Waals surface area contributed by atoms with Crippen molar-refractivity contribution in [2.24, 2.45) is 5.92 Å². The summed E-state index contributed by atoms with van der Waals surface area (Å²) in [7, 11) is 1.61. The minimum Gasteiger partial charge on any atom is -0.497 e. The molecular weight excluding hydrogens is 474 g/mol. The van der Waals surface area contributed by atoms with Crippen LogP contribution in [0.15, 0.2) is 66.7 Å². The molecule has 0 aromatic heterocycles. The van der Waals surface area contributed by atoms with E-state index in [1.165, 1.54) is 5.56 Å². The van der Waals surface area contributed by atoms with Crippen molar-refractivity contribution in [3.63, 3.8) is 0 Å². The van der Waals surface area contributed by atoms with Crippen LogP contribution < -0.4 is 15.0 Å². The summed E-state index contributed by atoms with van der Waals surface area (Å²) in [5, 5.41) is 3.84. The second-order valence-corrected chi connectivity index (χ2v) is 9.91. The van der Waals surface area contributed by atoms with Crippen LogP contribution in [0.3, 0.4) is 0 Å². The fraction of sp³-hybridized carbons (Fsp3) is 0.310. The van der Waals surface area contributed by atoms with Gasteiger partial charge in [-0.2, -0.15) is 0 Å². The van der Waals surface area contributed by atoms with Gasteiger partial charge in [0.2, 0.25) is 5.91 Å². The summed E-state index contributed by atoms with van der Waals surface area (Å²) in [6.07, 6.45) is 2.66. The van der Waals surface area contributed by atoms with Gasteiger partial charge in [-0.05, 0) is 85.5 Å². The van der Waals surface area contributed by atoms with E-state index < -0.39 is 0 Å². The Bertz CT molecular complexity index is 1240. The van der Waals surface area contributed by atoms with Crippen LogP contribution in [0.2, 0.25) is 5.02 Å². The largest absolute Gasteiger partial charge is 0.497 e. The summed E-state index contributed by atoms with van der Waals surface area (Å²) in [6.45, 7) is 3.14. The highest BCUT2D eigenvalue weighted by Gasteiger charge is 2.28. The molecule has 0 aliphatic carbocycles. The topological polar surface area (TPSA) is 61.9 Å². The van der Waals surface area contributed by atoms with E-state index in [-0.39, 0.29) is 17.7 Å². The summed E-state index contributed by atoms with van der Waals surface area (Å²) in [6, 6.07) is 20.9. The Morgan fingerprint density at radius 1 is 1.03 bits per heavy atom. The monoisotopic (exact) mass is 503 g/mol. The number of nitrogens with zero attached hydrogens (tertiary/aromatic N) is 2. The van der Waals surface area contributed by atoms with E-state index in [9.17, 15) is 9.59 Å². The predicted molar refractivity (Wildman–Crippen MR) is 143 cm³/mol. The van der Waals surface area contributed by atoms with Crippen LogP contribution >= 0.6 is 11.6 Å².